The molecule has 2 heterocycles. The van der Waals surface area contributed by atoms with E-state index < -0.39 is 59.0 Å². The van der Waals surface area contributed by atoms with E-state index in [2.05, 4.69) is 9.72 Å². The molecule has 258 valence electrons. The molecule has 1 unspecified atom stereocenters. The summed E-state index contributed by atoms with van der Waals surface area (Å²) in [5.41, 5.74) is 0.913. The van der Waals surface area contributed by atoms with Crippen LogP contribution in [0.4, 0.5) is 34.3 Å². The molecular weight excluding hydrogens is 641 g/mol. The number of alkyl halides is 3. The summed E-state index contributed by atoms with van der Waals surface area (Å²) in [6, 6.07) is 9.81. The molecule has 1 saturated heterocycles. The first-order valence-electron chi connectivity index (χ1n) is 14.6. The number of carbonyl (C=O) groups excluding carboxylic acids is 4. The van der Waals surface area contributed by atoms with Crippen LogP contribution in [0.15, 0.2) is 54.7 Å². The van der Waals surface area contributed by atoms with Gasteiger partial charge in [-0.1, -0.05) is 12.1 Å². The van der Waals surface area contributed by atoms with E-state index in [1.165, 1.54) is 42.6 Å². The highest BCUT2D eigenvalue weighted by Gasteiger charge is 2.52. The minimum absolute atomic E-state index is 0.0540. The van der Waals surface area contributed by atoms with Gasteiger partial charge in [0, 0.05) is 23.8 Å². The quantitative estimate of drug-likeness (QED) is 0.366. The van der Waals surface area contributed by atoms with Gasteiger partial charge >= 0.3 is 18.5 Å². The number of aliphatic hydroxyl groups is 1. The molecule has 4 amide bonds. The summed E-state index contributed by atoms with van der Waals surface area (Å²) in [4.78, 5) is 59.0. The molecule has 1 aromatic heterocycles. The molecule has 1 fully saturated rings. The van der Waals surface area contributed by atoms with Crippen molar-refractivity contribution in [3.8, 4) is 5.75 Å². The molecule has 13 nitrogen and oxygen atoms in total. The molecule has 4 rings (SSSR count). The lowest BCUT2D eigenvalue weighted by Crippen LogP contribution is -2.61. The number of primary amides is 1. The molecule has 0 spiro atoms. The number of carbonyl (C=O) groups is 4. The van der Waals surface area contributed by atoms with Crippen LogP contribution in [0.2, 0.25) is 0 Å². The maximum atomic E-state index is 13.7. The number of hydrogen-bond donors (Lipinski definition) is 2. The van der Waals surface area contributed by atoms with Crippen molar-refractivity contribution in [1.29, 1.82) is 0 Å². The SMILES string of the molecule is CC(C)(C)OC(=O)N(C(=O)OC(C)(C)C)c1nccc2cc(C(O)(C(N)=O)[C@H]3OCCN(c4ccc(OC(F)(F)F)cc4)C3=O)ccc12. The number of morpholine rings is 1. The van der Waals surface area contributed by atoms with Crippen LogP contribution in [0.25, 0.3) is 10.8 Å². The number of benzene rings is 2. The summed E-state index contributed by atoms with van der Waals surface area (Å²) in [6.45, 7) is 9.43. The van der Waals surface area contributed by atoms with Gasteiger partial charge < -0.3 is 34.7 Å². The zero-order valence-electron chi connectivity index (χ0n) is 27.0. The number of aromatic nitrogens is 1. The van der Waals surface area contributed by atoms with Crippen LogP contribution in [-0.4, -0.2) is 70.9 Å². The number of rotatable bonds is 6. The Balaban J connectivity index is 1.74. The lowest BCUT2D eigenvalue weighted by Gasteiger charge is -2.39. The van der Waals surface area contributed by atoms with Crippen molar-refractivity contribution < 1.29 is 56.4 Å². The highest BCUT2D eigenvalue weighted by atomic mass is 19.4. The fraction of sp³-hybridized carbons (Fsp3) is 0.406. The zero-order valence-corrected chi connectivity index (χ0v) is 27.0. The van der Waals surface area contributed by atoms with Crippen molar-refractivity contribution in [3.63, 3.8) is 0 Å². The van der Waals surface area contributed by atoms with E-state index in [-0.39, 0.29) is 41.0 Å². The summed E-state index contributed by atoms with van der Waals surface area (Å²) in [6.07, 6.45) is -7.67. The Morgan fingerprint density at radius 3 is 2.06 bits per heavy atom. The molecule has 2 aromatic carbocycles. The van der Waals surface area contributed by atoms with Crippen LogP contribution in [0.3, 0.4) is 0 Å². The number of hydrogen-bond acceptors (Lipinski definition) is 10. The van der Waals surface area contributed by atoms with Crippen molar-refractivity contribution in [1.82, 2.24) is 4.98 Å². The highest BCUT2D eigenvalue weighted by molar-refractivity contribution is 6.14. The molecule has 16 heteroatoms. The number of nitrogens with zero attached hydrogens (tertiary/aromatic N) is 3. The third kappa shape index (κ3) is 7.94. The summed E-state index contributed by atoms with van der Waals surface area (Å²) < 4.78 is 58.2. The second-order valence-corrected chi connectivity index (χ2v) is 12.8. The van der Waals surface area contributed by atoms with Crippen molar-refractivity contribution in [2.24, 2.45) is 5.73 Å². The minimum Gasteiger partial charge on any atom is -0.443 e. The van der Waals surface area contributed by atoms with E-state index in [4.69, 9.17) is 19.9 Å². The Kier molecular flexibility index (Phi) is 9.66. The number of halogens is 3. The van der Waals surface area contributed by atoms with E-state index in [0.717, 1.165) is 17.0 Å². The Morgan fingerprint density at radius 1 is 0.958 bits per heavy atom. The molecule has 0 radical (unpaired) electrons. The molecule has 1 aliphatic heterocycles. The van der Waals surface area contributed by atoms with Gasteiger partial charge in [-0.2, -0.15) is 4.90 Å². The van der Waals surface area contributed by atoms with Crippen molar-refractivity contribution in [2.45, 2.75) is 70.8 Å². The number of anilines is 2. The lowest BCUT2D eigenvalue weighted by molar-refractivity contribution is -0.274. The standard InChI is InChI=1S/C32H35F3N4O9/c1-29(2,3)47-27(42)39(28(43)48-30(4,5)6)24-22-12-7-19(17-18(22)13-14-37-24)31(44,26(36)41)23-25(40)38(15-16-45-23)20-8-10-21(11-9-20)46-32(33,34)35/h7-14,17,23,44H,15-16H2,1-6H3,(H2,36,41)/t23-,31?/m0/s1. The summed E-state index contributed by atoms with van der Waals surface area (Å²) in [5, 5.41) is 12.3. The maximum absolute atomic E-state index is 13.7. The number of pyridine rings is 1. The van der Waals surface area contributed by atoms with Crippen LogP contribution in [-0.2, 0) is 29.4 Å². The van der Waals surface area contributed by atoms with E-state index in [9.17, 15) is 37.5 Å². The monoisotopic (exact) mass is 676 g/mol. The van der Waals surface area contributed by atoms with E-state index >= 15 is 0 Å². The molecule has 1 aliphatic rings. The predicted molar refractivity (Wildman–Crippen MR) is 165 cm³/mol. The van der Waals surface area contributed by atoms with Crippen LogP contribution in [0.1, 0.15) is 47.1 Å². The van der Waals surface area contributed by atoms with Gasteiger partial charge in [-0.25, -0.2) is 14.6 Å². The van der Waals surface area contributed by atoms with Gasteiger partial charge in [-0.15, -0.1) is 13.2 Å². The molecule has 48 heavy (non-hydrogen) atoms. The van der Waals surface area contributed by atoms with Crippen molar-refractivity contribution in [2.75, 3.05) is 23.0 Å². The molecule has 2 atom stereocenters. The number of amides is 4. The summed E-state index contributed by atoms with van der Waals surface area (Å²) in [5.74, 6) is -2.93. The van der Waals surface area contributed by atoms with Crippen LogP contribution < -0.4 is 20.3 Å². The van der Waals surface area contributed by atoms with E-state index in [1.54, 1.807) is 41.5 Å². The highest BCUT2D eigenvalue weighted by Crippen LogP contribution is 2.36. The van der Waals surface area contributed by atoms with E-state index in [0.29, 0.717) is 4.90 Å². The summed E-state index contributed by atoms with van der Waals surface area (Å²) in [7, 11) is 0. The summed E-state index contributed by atoms with van der Waals surface area (Å²) >= 11 is 0. The molecule has 0 aliphatic carbocycles. The van der Waals surface area contributed by atoms with Crippen molar-refractivity contribution >= 4 is 46.3 Å². The molecule has 3 N–H and O–H groups in total. The first kappa shape index (κ1) is 35.9. The average Bonchev–Trinajstić information content (AvgIpc) is 2.94. The molecule has 3 aromatic rings. The Labute approximate surface area is 273 Å². The van der Waals surface area contributed by atoms with Gasteiger partial charge in [0.1, 0.15) is 17.0 Å². The molecule has 0 bridgehead atoms. The largest absolute Gasteiger partial charge is 0.573 e. The Morgan fingerprint density at radius 2 is 1.54 bits per heavy atom. The van der Waals surface area contributed by atoms with Gasteiger partial charge in [0.15, 0.2) is 11.9 Å². The zero-order chi connectivity index (χ0) is 35.8. The first-order chi connectivity index (χ1) is 22.1. The minimum atomic E-state index is -4.92. The number of ether oxygens (including phenoxy) is 4. The number of imide groups is 1. The van der Waals surface area contributed by atoms with Crippen LogP contribution >= 0.6 is 0 Å². The fourth-order valence-electron chi connectivity index (χ4n) is 4.83. The Hall–Kier alpha value is -4.96. The van der Waals surface area contributed by atoms with Crippen LogP contribution in [0.5, 0.6) is 5.75 Å². The van der Waals surface area contributed by atoms with Crippen molar-refractivity contribution in [3.05, 3.63) is 60.3 Å². The second kappa shape index (κ2) is 12.9. The molecule has 0 saturated carbocycles. The number of nitrogens with two attached hydrogens (primary N) is 1. The third-order valence-electron chi connectivity index (χ3n) is 6.77. The van der Waals surface area contributed by atoms with Gasteiger partial charge in [-0.05, 0) is 88.9 Å². The number of fused-ring (bicyclic) bond motifs is 1. The van der Waals surface area contributed by atoms with Gasteiger partial charge in [0.05, 0.1) is 6.61 Å². The second-order valence-electron chi connectivity index (χ2n) is 12.8. The molecular formula is C32H35F3N4O9. The fourth-order valence-corrected chi connectivity index (χ4v) is 4.83. The topological polar surface area (TPSA) is 171 Å². The average molecular weight is 677 g/mol. The smallest absolute Gasteiger partial charge is 0.443 e. The van der Waals surface area contributed by atoms with Gasteiger partial charge in [0.25, 0.3) is 11.8 Å². The normalized spacial score (nSPS) is 17.0. The van der Waals surface area contributed by atoms with Gasteiger partial charge in [-0.3, -0.25) is 9.59 Å². The van der Waals surface area contributed by atoms with E-state index in [1.807, 2.05) is 0 Å². The maximum Gasteiger partial charge on any atom is 0.573 e. The first-order valence-corrected chi connectivity index (χ1v) is 14.6. The predicted octanol–water partition coefficient (Wildman–Crippen LogP) is 4.91. The van der Waals surface area contributed by atoms with Crippen LogP contribution in [0, 0.1) is 0 Å². The van der Waals surface area contributed by atoms with Gasteiger partial charge in [0.2, 0.25) is 5.60 Å². The lowest BCUT2D eigenvalue weighted by atomic mass is 9.84. The third-order valence-corrected chi connectivity index (χ3v) is 6.77. The Bertz CT molecular complexity index is 1690.